The van der Waals surface area contributed by atoms with Crippen molar-refractivity contribution in [1.82, 2.24) is 5.32 Å². The topological polar surface area (TPSA) is 71.1 Å². The van der Waals surface area contributed by atoms with Crippen molar-refractivity contribution in [3.63, 3.8) is 0 Å². The van der Waals surface area contributed by atoms with E-state index in [1.165, 1.54) is 0 Å². The molecule has 0 aliphatic carbocycles. The van der Waals surface area contributed by atoms with E-state index in [9.17, 15) is 0 Å². The third-order valence-electron chi connectivity index (χ3n) is 1.85. The zero-order chi connectivity index (χ0) is 10.9. The summed E-state index contributed by atoms with van der Waals surface area (Å²) in [5.74, 6) is 0.781. The summed E-state index contributed by atoms with van der Waals surface area (Å²) < 4.78 is 5.44. The molecule has 1 aromatic rings. The van der Waals surface area contributed by atoms with Gasteiger partial charge >= 0.3 is 0 Å². The zero-order valence-corrected chi connectivity index (χ0v) is 8.57. The third-order valence-corrected chi connectivity index (χ3v) is 1.85. The van der Waals surface area contributed by atoms with Crippen molar-refractivity contribution in [1.29, 1.82) is 5.26 Å². The van der Waals surface area contributed by atoms with Crippen molar-refractivity contribution in [3.8, 4) is 11.8 Å². The predicted octanol–water partition coefficient (Wildman–Crippen LogP) is 0.485. The average molecular weight is 205 g/mol. The maximum atomic E-state index is 8.59. The number of nitrogens with one attached hydrogen (secondary N) is 1. The van der Waals surface area contributed by atoms with Gasteiger partial charge in [-0.05, 0) is 24.3 Å². The number of nitrogens with two attached hydrogens (primary N) is 1. The van der Waals surface area contributed by atoms with Gasteiger partial charge in [-0.15, -0.1) is 0 Å². The number of rotatable bonds is 6. The SMILES string of the molecule is N#Cc1ccc(OCCNCCN)cc1. The van der Waals surface area contributed by atoms with Crippen LogP contribution in [0.3, 0.4) is 0 Å². The van der Waals surface area contributed by atoms with Gasteiger partial charge in [0.1, 0.15) is 12.4 Å². The van der Waals surface area contributed by atoms with Crippen LogP contribution < -0.4 is 15.8 Å². The number of benzene rings is 1. The molecule has 0 bridgehead atoms. The molecule has 4 nitrogen and oxygen atoms in total. The Kier molecular flexibility index (Phi) is 5.23. The fourth-order valence-electron chi connectivity index (χ4n) is 1.09. The Bertz CT molecular complexity index is 316. The summed E-state index contributed by atoms with van der Waals surface area (Å²) in [4.78, 5) is 0. The molecule has 0 aromatic heterocycles. The van der Waals surface area contributed by atoms with Crippen LogP contribution in [0.5, 0.6) is 5.75 Å². The molecule has 3 N–H and O–H groups in total. The lowest BCUT2D eigenvalue weighted by molar-refractivity contribution is 0.315. The largest absolute Gasteiger partial charge is 0.492 e. The molecule has 15 heavy (non-hydrogen) atoms. The molecule has 0 saturated carbocycles. The molecular weight excluding hydrogens is 190 g/mol. The second kappa shape index (κ2) is 6.82. The lowest BCUT2D eigenvalue weighted by Crippen LogP contribution is -2.26. The summed E-state index contributed by atoms with van der Waals surface area (Å²) in [5.41, 5.74) is 5.96. The van der Waals surface area contributed by atoms with Crippen LogP contribution in [0.1, 0.15) is 5.56 Å². The first kappa shape index (κ1) is 11.5. The van der Waals surface area contributed by atoms with Crippen molar-refractivity contribution in [3.05, 3.63) is 29.8 Å². The standard InChI is InChI=1S/C11H15N3O/c12-5-6-14-7-8-15-11-3-1-10(9-13)2-4-11/h1-4,14H,5-8,12H2. The molecule has 0 atom stereocenters. The fraction of sp³-hybridized carbons (Fsp3) is 0.364. The Morgan fingerprint density at radius 3 is 2.60 bits per heavy atom. The second-order valence-electron chi connectivity index (χ2n) is 3.02. The van der Waals surface area contributed by atoms with Crippen molar-refractivity contribution < 1.29 is 4.74 Å². The quantitative estimate of drug-likeness (QED) is 0.663. The highest BCUT2D eigenvalue weighted by Gasteiger charge is 1.93. The van der Waals surface area contributed by atoms with Gasteiger partial charge in [-0.1, -0.05) is 0 Å². The van der Waals surface area contributed by atoms with Gasteiger partial charge in [-0.2, -0.15) is 5.26 Å². The van der Waals surface area contributed by atoms with Crippen LogP contribution in [0.2, 0.25) is 0 Å². The van der Waals surface area contributed by atoms with Gasteiger partial charge in [0.2, 0.25) is 0 Å². The van der Waals surface area contributed by atoms with Crippen LogP contribution in [-0.4, -0.2) is 26.2 Å². The summed E-state index contributed by atoms with van der Waals surface area (Å²) in [6.45, 7) is 2.82. The van der Waals surface area contributed by atoms with E-state index in [0.29, 0.717) is 18.7 Å². The van der Waals surface area contributed by atoms with E-state index in [1.807, 2.05) is 0 Å². The van der Waals surface area contributed by atoms with Gasteiger partial charge in [0.15, 0.2) is 0 Å². The van der Waals surface area contributed by atoms with Crippen LogP contribution in [-0.2, 0) is 0 Å². The van der Waals surface area contributed by atoms with Gasteiger partial charge in [-0.3, -0.25) is 0 Å². The number of nitrogens with zero attached hydrogens (tertiary/aromatic N) is 1. The van der Waals surface area contributed by atoms with Crippen LogP contribution in [0, 0.1) is 11.3 Å². The maximum Gasteiger partial charge on any atom is 0.119 e. The smallest absolute Gasteiger partial charge is 0.119 e. The highest BCUT2D eigenvalue weighted by Crippen LogP contribution is 2.10. The first-order chi connectivity index (χ1) is 7.36. The molecule has 0 heterocycles. The monoisotopic (exact) mass is 205 g/mol. The normalized spacial score (nSPS) is 9.60. The minimum atomic E-state index is 0.603. The van der Waals surface area contributed by atoms with E-state index >= 15 is 0 Å². The molecule has 0 fully saturated rings. The van der Waals surface area contributed by atoms with Gasteiger partial charge in [0.05, 0.1) is 11.6 Å². The van der Waals surface area contributed by atoms with Crippen molar-refractivity contribution in [2.24, 2.45) is 5.73 Å². The van der Waals surface area contributed by atoms with Crippen molar-refractivity contribution in [2.75, 3.05) is 26.2 Å². The van der Waals surface area contributed by atoms with E-state index in [-0.39, 0.29) is 0 Å². The third kappa shape index (κ3) is 4.45. The number of hydrogen-bond donors (Lipinski definition) is 2. The minimum Gasteiger partial charge on any atom is -0.492 e. The lowest BCUT2D eigenvalue weighted by Gasteiger charge is -2.06. The van der Waals surface area contributed by atoms with Gasteiger partial charge in [-0.25, -0.2) is 0 Å². The Morgan fingerprint density at radius 2 is 2.00 bits per heavy atom. The molecule has 0 saturated heterocycles. The lowest BCUT2D eigenvalue weighted by atomic mass is 10.2. The first-order valence-electron chi connectivity index (χ1n) is 4.90. The Morgan fingerprint density at radius 1 is 1.27 bits per heavy atom. The van der Waals surface area contributed by atoms with E-state index in [0.717, 1.165) is 18.8 Å². The number of ether oxygens (including phenoxy) is 1. The molecule has 80 valence electrons. The van der Waals surface area contributed by atoms with Crippen molar-refractivity contribution >= 4 is 0 Å². The molecule has 0 spiro atoms. The Balaban J connectivity index is 2.23. The summed E-state index contributed by atoms with van der Waals surface area (Å²) in [7, 11) is 0. The van der Waals surface area contributed by atoms with Crippen LogP contribution in [0.4, 0.5) is 0 Å². The van der Waals surface area contributed by atoms with Gasteiger partial charge in [0, 0.05) is 19.6 Å². The average Bonchev–Trinajstić information content (AvgIpc) is 2.30. The molecule has 1 aromatic carbocycles. The molecule has 0 radical (unpaired) electrons. The molecule has 0 amide bonds. The van der Waals surface area contributed by atoms with Crippen LogP contribution >= 0.6 is 0 Å². The molecule has 0 aliphatic rings. The highest BCUT2D eigenvalue weighted by atomic mass is 16.5. The van der Waals surface area contributed by atoms with Gasteiger partial charge < -0.3 is 15.8 Å². The fourth-order valence-corrected chi connectivity index (χ4v) is 1.09. The predicted molar refractivity (Wildman–Crippen MR) is 58.6 cm³/mol. The molecule has 0 unspecified atom stereocenters. The minimum absolute atomic E-state index is 0.603. The summed E-state index contributed by atoms with van der Waals surface area (Å²) in [6.07, 6.45) is 0. The van der Waals surface area contributed by atoms with E-state index < -0.39 is 0 Å². The van der Waals surface area contributed by atoms with E-state index in [1.54, 1.807) is 24.3 Å². The highest BCUT2D eigenvalue weighted by molar-refractivity contribution is 5.34. The Hall–Kier alpha value is -1.57. The maximum absolute atomic E-state index is 8.59. The van der Waals surface area contributed by atoms with Gasteiger partial charge in [0.25, 0.3) is 0 Å². The number of hydrogen-bond acceptors (Lipinski definition) is 4. The van der Waals surface area contributed by atoms with E-state index in [4.69, 9.17) is 15.7 Å². The molecule has 1 rings (SSSR count). The molecule has 4 heteroatoms. The van der Waals surface area contributed by atoms with Crippen LogP contribution in [0.15, 0.2) is 24.3 Å². The van der Waals surface area contributed by atoms with E-state index in [2.05, 4.69) is 11.4 Å². The Labute approximate surface area is 89.7 Å². The van der Waals surface area contributed by atoms with Crippen molar-refractivity contribution in [2.45, 2.75) is 0 Å². The first-order valence-corrected chi connectivity index (χ1v) is 4.90. The molecule has 0 aliphatic heterocycles. The second-order valence-corrected chi connectivity index (χ2v) is 3.02. The molecular formula is C11H15N3O. The summed E-state index contributed by atoms with van der Waals surface area (Å²) in [6, 6.07) is 9.12. The summed E-state index contributed by atoms with van der Waals surface area (Å²) >= 11 is 0. The zero-order valence-electron chi connectivity index (χ0n) is 8.57. The van der Waals surface area contributed by atoms with Crippen LogP contribution in [0.25, 0.3) is 0 Å². The number of nitriles is 1. The summed E-state index contributed by atoms with van der Waals surface area (Å²) in [5, 5.41) is 11.7.